The van der Waals surface area contributed by atoms with E-state index in [4.69, 9.17) is 20.9 Å². The second-order valence-electron chi connectivity index (χ2n) is 7.27. The summed E-state index contributed by atoms with van der Waals surface area (Å²) in [6.45, 7) is 2.97. The van der Waals surface area contributed by atoms with Crippen molar-refractivity contribution in [2.24, 2.45) is 0 Å². The number of benzene rings is 2. The van der Waals surface area contributed by atoms with Crippen LogP contribution in [0.4, 0.5) is 4.39 Å². The molecule has 5 nitrogen and oxygen atoms in total. The van der Waals surface area contributed by atoms with Gasteiger partial charge in [0.15, 0.2) is 0 Å². The number of ether oxygens (including phenoxy) is 1. The molecule has 0 bridgehead atoms. The number of nitrogens with zero attached hydrogens (tertiary/aromatic N) is 3. The molecule has 0 saturated carbocycles. The zero-order valence-corrected chi connectivity index (χ0v) is 16.8. The van der Waals surface area contributed by atoms with Crippen molar-refractivity contribution in [1.29, 1.82) is 0 Å². The molecular formula is C22H23ClFN3O2. The third-order valence-electron chi connectivity index (χ3n) is 4.97. The number of hydrogen-bond acceptors (Lipinski definition) is 5. The van der Waals surface area contributed by atoms with Crippen LogP contribution < -0.4 is 0 Å². The third-order valence-corrected chi connectivity index (χ3v) is 5.21. The van der Waals surface area contributed by atoms with Crippen LogP contribution in [0, 0.1) is 5.82 Å². The Balaban J connectivity index is 1.41. The van der Waals surface area contributed by atoms with Crippen LogP contribution in [0.15, 0.2) is 53.1 Å². The highest BCUT2D eigenvalue weighted by Gasteiger charge is 2.20. The van der Waals surface area contributed by atoms with E-state index in [2.05, 4.69) is 15.0 Å². The summed E-state index contributed by atoms with van der Waals surface area (Å²) in [5, 5.41) is 4.70. The molecule has 3 aromatic rings. The summed E-state index contributed by atoms with van der Waals surface area (Å²) < 4.78 is 24.8. The molecule has 1 atom stereocenters. The predicted octanol–water partition coefficient (Wildman–Crippen LogP) is 4.75. The van der Waals surface area contributed by atoms with Gasteiger partial charge in [0.25, 0.3) is 0 Å². The van der Waals surface area contributed by atoms with Crippen LogP contribution in [0.2, 0.25) is 5.02 Å². The summed E-state index contributed by atoms with van der Waals surface area (Å²) in [4.78, 5) is 6.75. The Labute approximate surface area is 174 Å². The smallest absolute Gasteiger partial charge is 0.228 e. The molecule has 2 heterocycles. The van der Waals surface area contributed by atoms with E-state index in [0.717, 1.165) is 37.1 Å². The van der Waals surface area contributed by atoms with Crippen molar-refractivity contribution in [2.75, 3.05) is 19.7 Å². The molecule has 0 amide bonds. The maximum atomic E-state index is 13.6. The lowest BCUT2D eigenvalue weighted by Crippen LogP contribution is -2.33. The average Bonchev–Trinajstić information content (AvgIpc) is 3.38. The molecular weight excluding hydrogens is 393 g/mol. The van der Waals surface area contributed by atoms with Crippen LogP contribution >= 0.6 is 11.6 Å². The minimum atomic E-state index is -0.220. The van der Waals surface area contributed by atoms with E-state index in [1.165, 1.54) is 6.07 Å². The highest BCUT2D eigenvalue weighted by molar-refractivity contribution is 6.30. The minimum absolute atomic E-state index is 0.216. The van der Waals surface area contributed by atoms with Gasteiger partial charge in [-0.3, -0.25) is 4.90 Å². The van der Waals surface area contributed by atoms with Crippen LogP contribution in [0.25, 0.3) is 11.4 Å². The van der Waals surface area contributed by atoms with Gasteiger partial charge >= 0.3 is 0 Å². The summed E-state index contributed by atoms with van der Waals surface area (Å²) in [7, 11) is 0. The molecule has 1 aliphatic rings. The molecule has 1 aliphatic heterocycles. The first-order valence-electron chi connectivity index (χ1n) is 9.82. The van der Waals surface area contributed by atoms with Gasteiger partial charge in [0.05, 0.1) is 6.10 Å². The summed E-state index contributed by atoms with van der Waals surface area (Å²) >= 11 is 6.04. The van der Waals surface area contributed by atoms with Crippen molar-refractivity contribution in [3.05, 3.63) is 70.8 Å². The average molecular weight is 416 g/mol. The molecule has 29 heavy (non-hydrogen) atoms. The number of aromatic nitrogens is 2. The fraction of sp³-hybridized carbons (Fsp3) is 0.364. The molecule has 1 aromatic heterocycles. The second-order valence-corrected chi connectivity index (χ2v) is 7.71. The molecule has 0 spiro atoms. The summed E-state index contributed by atoms with van der Waals surface area (Å²) in [6.07, 6.45) is 2.97. The van der Waals surface area contributed by atoms with E-state index in [-0.39, 0.29) is 11.9 Å². The molecule has 0 N–H and O–H groups in total. The number of hydrogen-bond donors (Lipinski definition) is 0. The van der Waals surface area contributed by atoms with E-state index < -0.39 is 0 Å². The first kappa shape index (κ1) is 20.0. The van der Waals surface area contributed by atoms with Crippen molar-refractivity contribution >= 4 is 11.6 Å². The largest absolute Gasteiger partial charge is 0.377 e. The van der Waals surface area contributed by atoms with E-state index in [1.807, 2.05) is 24.3 Å². The lowest BCUT2D eigenvalue weighted by molar-refractivity contribution is 0.0701. The Morgan fingerprint density at radius 3 is 2.86 bits per heavy atom. The lowest BCUT2D eigenvalue weighted by atomic mass is 10.1. The molecule has 1 fully saturated rings. The maximum Gasteiger partial charge on any atom is 0.228 e. The maximum absolute atomic E-state index is 13.6. The minimum Gasteiger partial charge on any atom is -0.377 e. The summed E-state index contributed by atoms with van der Waals surface area (Å²) in [5.41, 5.74) is 1.76. The van der Waals surface area contributed by atoms with Gasteiger partial charge in [-0.1, -0.05) is 41.0 Å². The van der Waals surface area contributed by atoms with Gasteiger partial charge < -0.3 is 9.26 Å². The highest BCUT2D eigenvalue weighted by Crippen LogP contribution is 2.21. The first-order chi connectivity index (χ1) is 14.2. The first-order valence-corrected chi connectivity index (χ1v) is 10.2. The summed E-state index contributed by atoms with van der Waals surface area (Å²) in [6, 6.07) is 14.1. The van der Waals surface area contributed by atoms with Crippen LogP contribution in [0.1, 0.15) is 24.3 Å². The fourth-order valence-electron chi connectivity index (χ4n) is 3.56. The van der Waals surface area contributed by atoms with Crippen molar-refractivity contribution in [1.82, 2.24) is 15.0 Å². The lowest BCUT2D eigenvalue weighted by Gasteiger charge is -2.24. The Morgan fingerprint density at radius 1 is 1.17 bits per heavy atom. The van der Waals surface area contributed by atoms with Crippen molar-refractivity contribution in [3.63, 3.8) is 0 Å². The normalized spacial score (nSPS) is 16.6. The van der Waals surface area contributed by atoms with Gasteiger partial charge in [0, 0.05) is 43.2 Å². The number of rotatable bonds is 8. The van der Waals surface area contributed by atoms with Gasteiger partial charge in [0.2, 0.25) is 11.7 Å². The van der Waals surface area contributed by atoms with Gasteiger partial charge in [-0.15, -0.1) is 0 Å². The van der Waals surface area contributed by atoms with Crippen LogP contribution in [0.5, 0.6) is 0 Å². The fourth-order valence-corrected chi connectivity index (χ4v) is 3.75. The molecule has 0 radical (unpaired) electrons. The quantitative estimate of drug-likeness (QED) is 0.531. The third kappa shape index (κ3) is 5.63. The van der Waals surface area contributed by atoms with E-state index in [9.17, 15) is 4.39 Å². The van der Waals surface area contributed by atoms with Gasteiger partial charge in [-0.25, -0.2) is 4.39 Å². The zero-order chi connectivity index (χ0) is 20.1. The molecule has 152 valence electrons. The van der Waals surface area contributed by atoms with Crippen molar-refractivity contribution in [2.45, 2.75) is 31.9 Å². The molecule has 0 aliphatic carbocycles. The standard InChI is InChI=1S/C22H23ClFN3O2/c23-18-6-2-5-17(13-18)22-25-21(29-26-22)9-10-27(15-20-8-3-11-28-20)14-16-4-1-7-19(24)12-16/h1-2,4-7,12-13,20H,3,8-11,14-15H2. The van der Waals surface area contributed by atoms with Gasteiger partial charge in [0.1, 0.15) is 5.82 Å². The van der Waals surface area contributed by atoms with E-state index in [1.54, 1.807) is 18.2 Å². The van der Waals surface area contributed by atoms with Crippen molar-refractivity contribution < 1.29 is 13.7 Å². The van der Waals surface area contributed by atoms with Crippen LogP contribution in [-0.4, -0.2) is 40.8 Å². The van der Waals surface area contributed by atoms with E-state index >= 15 is 0 Å². The molecule has 1 unspecified atom stereocenters. The zero-order valence-electron chi connectivity index (χ0n) is 16.1. The second kappa shape index (κ2) is 9.48. The molecule has 4 rings (SSSR count). The molecule has 1 saturated heterocycles. The number of halogens is 2. The Hall–Kier alpha value is -2.28. The Morgan fingerprint density at radius 2 is 2.07 bits per heavy atom. The molecule has 2 aromatic carbocycles. The predicted molar refractivity (Wildman–Crippen MR) is 109 cm³/mol. The van der Waals surface area contributed by atoms with E-state index in [0.29, 0.717) is 36.2 Å². The SMILES string of the molecule is Fc1cccc(CN(CCc2nc(-c3cccc(Cl)c3)no2)CC2CCCO2)c1. The van der Waals surface area contributed by atoms with Crippen molar-refractivity contribution in [3.8, 4) is 11.4 Å². The van der Waals surface area contributed by atoms with Gasteiger partial charge in [-0.2, -0.15) is 4.98 Å². The monoisotopic (exact) mass is 415 g/mol. The summed E-state index contributed by atoms with van der Waals surface area (Å²) in [5.74, 6) is 0.873. The Kier molecular flexibility index (Phi) is 6.54. The Bertz CT molecular complexity index is 943. The topological polar surface area (TPSA) is 51.4 Å². The van der Waals surface area contributed by atoms with Crippen LogP contribution in [0.3, 0.4) is 0 Å². The highest BCUT2D eigenvalue weighted by atomic mass is 35.5. The molecule has 7 heteroatoms. The van der Waals surface area contributed by atoms with Gasteiger partial charge in [-0.05, 0) is 42.7 Å². The van der Waals surface area contributed by atoms with Crippen LogP contribution in [-0.2, 0) is 17.7 Å².